The van der Waals surface area contributed by atoms with Crippen LogP contribution in [0, 0.1) is 5.82 Å². The van der Waals surface area contributed by atoms with Gasteiger partial charge in [0.05, 0.1) is 23.9 Å². The lowest BCUT2D eigenvalue weighted by atomic mass is 9.92. The summed E-state index contributed by atoms with van der Waals surface area (Å²) in [6.45, 7) is 1.37. The molecule has 34 heavy (non-hydrogen) atoms. The normalized spacial score (nSPS) is 14.4. The third kappa shape index (κ3) is 4.73. The van der Waals surface area contributed by atoms with Gasteiger partial charge < -0.3 is 9.47 Å². The Kier molecular flexibility index (Phi) is 6.16. The maximum atomic E-state index is 13.5. The summed E-state index contributed by atoms with van der Waals surface area (Å²) in [5.74, 6) is 0.0593. The van der Waals surface area contributed by atoms with Crippen molar-refractivity contribution in [2.24, 2.45) is 7.05 Å². The van der Waals surface area contributed by atoms with Gasteiger partial charge in [0, 0.05) is 55.6 Å². The Bertz CT molecular complexity index is 1310. The second-order valence-electron chi connectivity index (χ2n) is 8.75. The number of likely N-dealkylation sites (tertiary alicyclic amines) is 1. The lowest BCUT2D eigenvalue weighted by molar-refractivity contribution is 0.0712. The zero-order chi connectivity index (χ0) is 23.5. The topological polar surface area (TPSA) is 63.9 Å². The standard InChI is InChI=1S/C27H26FN5O/c1-32-18-29-17-26(32)25-7-3-6-24(31-25)20-9-12-33(13-10-20)27(34)21-8-11-30-23(16-21)15-19-4-2-5-22(28)14-19/h2-8,11,14,16-18,20H,9-10,12-13,15H2,1H3. The number of rotatable bonds is 5. The molecule has 0 radical (unpaired) electrons. The molecule has 1 amide bonds. The Morgan fingerprint density at radius 2 is 1.91 bits per heavy atom. The number of nitrogens with zero attached hydrogens (tertiary/aromatic N) is 5. The summed E-state index contributed by atoms with van der Waals surface area (Å²) < 4.78 is 15.5. The summed E-state index contributed by atoms with van der Waals surface area (Å²) in [6.07, 6.45) is 7.48. The summed E-state index contributed by atoms with van der Waals surface area (Å²) in [7, 11) is 1.96. The number of carbonyl (C=O) groups is 1. The van der Waals surface area contributed by atoms with E-state index in [2.05, 4.69) is 16.0 Å². The van der Waals surface area contributed by atoms with Crippen LogP contribution in [-0.4, -0.2) is 43.4 Å². The number of halogens is 1. The van der Waals surface area contributed by atoms with E-state index < -0.39 is 0 Å². The highest BCUT2D eigenvalue weighted by atomic mass is 19.1. The van der Waals surface area contributed by atoms with Crippen LogP contribution in [0.1, 0.15) is 46.1 Å². The van der Waals surface area contributed by atoms with Gasteiger partial charge >= 0.3 is 0 Å². The number of imidazole rings is 1. The average molecular weight is 456 g/mol. The molecule has 1 aliphatic heterocycles. The summed E-state index contributed by atoms with van der Waals surface area (Å²) in [4.78, 5) is 28.5. The maximum Gasteiger partial charge on any atom is 0.253 e. The minimum Gasteiger partial charge on any atom is -0.339 e. The monoisotopic (exact) mass is 455 g/mol. The summed E-state index contributed by atoms with van der Waals surface area (Å²) in [5, 5.41) is 0. The maximum absolute atomic E-state index is 13.5. The Morgan fingerprint density at radius 3 is 2.68 bits per heavy atom. The molecule has 3 aromatic heterocycles. The van der Waals surface area contributed by atoms with Crippen molar-refractivity contribution >= 4 is 5.91 Å². The van der Waals surface area contributed by atoms with Crippen LogP contribution in [0.25, 0.3) is 11.4 Å². The number of hydrogen-bond donors (Lipinski definition) is 0. The molecule has 172 valence electrons. The second-order valence-corrected chi connectivity index (χ2v) is 8.75. The molecule has 0 unspecified atom stereocenters. The van der Waals surface area contributed by atoms with Crippen molar-refractivity contribution in [3.05, 3.63) is 102 Å². The molecule has 7 heteroatoms. The third-order valence-electron chi connectivity index (χ3n) is 6.39. The number of pyridine rings is 2. The van der Waals surface area contributed by atoms with Crippen molar-refractivity contribution in [1.82, 2.24) is 24.4 Å². The summed E-state index contributed by atoms with van der Waals surface area (Å²) in [6, 6.07) is 16.2. The number of piperidine rings is 1. The number of amides is 1. The van der Waals surface area contributed by atoms with Gasteiger partial charge in [-0.05, 0) is 54.8 Å². The minimum atomic E-state index is -0.270. The van der Waals surface area contributed by atoms with E-state index in [0.717, 1.165) is 41.2 Å². The number of aromatic nitrogens is 4. The van der Waals surface area contributed by atoms with E-state index in [0.29, 0.717) is 31.0 Å². The largest absolute Gasteiger partial charge is 0.339 e. The first kappa shape index (κ1) is 21.9. The molecule has 1 saturated heterocycles. The van der Waals surface area contributed by atoms with E-state index in [1.807, 2.05) is 47.0 Å². The van der Waals surface area contributed by atoms with Crippen molar-refractivity contribution < 1.29 is 9.18 Å². The highest BCUT2D eigenvalue weighted by Gasteiger charge is 2.26. The van der Waals surface area contributed by atoms with Crippen molar-refractivity contribution in [2.45, 2.75) is 25.2 Å². The average Bonchev–Trinajstić information content (AvgIpc) is 3.30. The SMILES string of the molecule is Cn1cncc1-c1cccc(C2CCN(C(=O)c3ccnc(Cc4cccc(F)c4)c3)CC2)n1. The molecule has 1 aromatic carbocycles. The Balaban J connectivity index is 1.24. The van der Waals surface area contributed by atoms with Crippen LogP contribution in [-0.2, 0) is 13.5 Å². The lowest BCUT2D eigenvalue weighted by Crippen LogP contribution is -2.38. The second kappa shape index (κ2) is 9.55. The third-order valence-corrected chi connectivity index (χ3v) is 6.39. The van der Waals surface area contributed by atoms with E-state index in [1.165, 1.54) is 12.1 Å². The van der Waals surface area contributed by atoms with Gasteiger partial charge in [0.1, 0.15) is 5.82 Å². The Hall–Kier alpha value is -3.87. The van der Waals surface area contributed by atoms with Gasteiger partial charge in [-0.3, -0.25) is 14.8 Å². The fourth-order valence-corrected chi connectivity index (χ4v) is 4.55. The molecule has 0 atom stereocenters. The first-order valence-electron chi connectivity index (χ1n) is 11.5. The van der Waals surface area contributed by atoms with Gasteiger partial charge in [-0.1, -0.05) is 18.2 Å². The van der Waals surface area contributed by atoms with E-state index in [9.17, 15) is 9.18 Å². The quantitative estimate of drug-likeness (QED) is 0.440. The van der Waals surface area contributed by atoms with Gasteiger partial charge in [0.25, 0.3) is 5.91 Å². The Labute approximate surface area is 198 Å². The number of hydrogen-bond acceptors (Lipinski definition) is 4. The Morgan fingerprint density at radius 1 is 1.09 bits per heavy atom. The van der Waals surface area contributed by atoms with Crippen LogP contribution in [0.4, 0.5) is 4.39 Å². The fourth-order valence-electron chi connectivity index (χ4n) is 4.55. The van der Waals surface area contributed by atoms with Crippen LogP contribution in [0.15, 0.2) is 73.3 Å². The highest BCUT2D eigenvalue weighted by molar-refractivity contribution is 5.94. The van der Waals surface area contributed by atoms with Crippen LogP contribution in [0.3, 0.4) is 0 Å². The predicted octanol–water partition coefficient (Wildman–Crippen LogP) is 4.63. The molecule has 4 heterocycles. The molecule has 4 aromatic rings. The van der Waals surface area contributed by atoms with Gasteiger partial charge in [0.2, 0.25) is 0 Å². The van der Waals surface area contributed by atoms with Crippen molar-refractivity contribution in [2.75, 3.05) is 13.1 Å². The number of carbonyl (C=O) groups excluding carboxylic acids is 1. The zero-order valence-corrected chi connectivity index (χ0v) is 19.1. The number of benzene rings is 1. The van der Waals surface area contributed by atoms with Gasteiger partial charge in [-0.25, -0.2) is 9.37 Å². The van der Waals surface area contributed by atoms with Crippen LogP contribution in [0.2, 0.25) is 0 Å². The number of aryl methyl sites for hydroxylation is 1. The first-order valence-corrected chi connectivity index (χ1v) is 11.5. The van der Waals surface area contributed by atoms with Gasteiger partial charge in [0.15, 0.2) is 0 Å². The molecular weight excluding hydrogens is 429 g/mol. The van der Waals surface area contributed by atoms with Crippen LogP contribution < -0.4 is 0 Å². The summed E-state index contributed by atoms with van der Waals surface area (Å²) >= 11 is 0. The fraction of sp³-hybridized carbons (Fsp3) is 0.259. The minimum absolute atomic E-state index is 0.0120. The van der Waals surface area contributed by atoms with Crippen LogP contribution in [0.5, 0.6) is 0 Å². The molecule has 0 spiro atoms. The van der Waals surface area contributed by atoms with Crippen LogP contribution >= 0.6 is 0 Å². The van der Waals surface area contributed by atoms with E-state index in [1.54, 1.807) is 24.7 Å². The van der Waals surface area contributed by atoms with Crippen molar-refractivity contribution in [1.29, 1.82) is 0 Å². The zero-order valence-electron chi connectivity index (χ0n) is 19.1. The van der Waals surface area contributed by atoms with Gasteiger partial charge in [-0.15, -0.1) is 0 Å². The molecule has 0 aliphatic carbocycles. The highest BCUT2D eigenvalue weighted by Crippen LogP contribution is 2.29. The molecule has 0 saturated carbocycles. The summed E-state index contributed by atoms with van der Waals surface area (Å²) in [5.41, 5.74) is 5.17. The van der Waals surface area contributed by atoms with Crippen molar-refractivity contribution in [3.63, 3.8) is 0 Å². The molecule has 1 aliphatic rings. The van der Waals surface area contributed by atoms with E-state index >= 15 is 0 Å². The molecular formula is C27H26FN5O. The van der Waals surface area contributed by atoms with E-state index in [4.69, 9.17) is 4.98 Å². The molecule has 1 fully saturated rings. The molecule has 0 N–H and O–H groups in total. The van der Waals surface area contributed by atoms with Gasteiger partial charge in [-0.2, -0.15) is 0 Å². The molecule has 0 bridgehead atoms. The molecule has 6 nitrogen and oxygen atoms in total. The van der Waals surface area contributed by atoms with E-state index in [-0.39, 0.29) is 11.7 Å². The molecule has 5 rings (SSSR count). The lowest BCUT2D eigenvalue weighted by Gasteiger charge is -2.32. The smallest absolute Gasteiger partial charge is 0.253 e. The first-order chi connectivity index (χ1) is 16.6. The predicted molar refractivity (Wildman–Crippen MR) is 128 cm³/mol. The van der Waals surface area contributed by atoms with Crippen molar-refractivity contribution in [3.8, 4) is 11.4 Å².